The minimum Gasteiger partial charge on any atom is -0.356 e. The second kappa shape index (κ2) is 9.76. The molecule has 0 fully saturated rings. The standard InChI is InChI=1S/C14H22N2O3S.ClH/c1-12(15)8-9-14(17)16-10-5-11-20(18,19)13-6-3-2-4-7-13;/h2-4,6-7,12H,5,8-11,15H2,1H3,(H,16,17);1H. The third kappa shape index (κ3) is 8.04. The van der Waals surface area contributed by atoms with E-state index in [0.717, 1.165) is 0 Å². The van der Waals surface area contributed by atoms with Crippen molar-refractivity contribution in [2.45, 2.75) is 37.1 Å². The summed E-state index contributed by atoms with van der Waals surface area (Å²) in [6.45, 7) is 2.21. The van der Waals surface area contributed by atoms with Crippen LogP contribution in [0.15, 0.2) is 35.2 Å². The van der Waals surface area contributed by atoms with Gasteiger partial charge in [0.1, 0.15) is 0 Å². The fourth-order valence-electron chi connectivity index (χ4n) is 1.68. The Bertz CT molecular complexity index is 518. The number of hydrogen-bond donors (Lipinski definition) is 2. The first-order chi connectivity index (χ1) is 9.42. The molecule has 1 unspecified atom stereocenters. The van der Waals surface area contributed by atoms with Crippen molar-refractivity contribution in [2.75, 3.05) is 12.3 Å². The Kier molecular flexibility index (Phi) is 9.24. The number of carbonyl (C=O) groups excluding carboxylic acids is 1. The first-order valence-corrected chi connectivity index (χ1v) is 8.37. The largest absolute Gasteiger partial charge is 0.356 e. The van der Waals surface area contributed by atoms with Gasteiger partial charge in [0, 0.05) is 19.0 Å². The Morgan fingerprint density at radius 3 is 2.48 bits per heavy atom. The second-order valence-corrected chi connectivity index (χ2v) is 6.96. The highest BCUT2D eigenvalue weighted by molar-refractivity contribution is 7.91. The molecule has 1 atom stereocenters. The molecule has 1 rings (SSSR count). The number of amides is 1. The highest BCUT2D eigenvalue weighted by atomic mass is 35.5. The van der Waals surface area contributed by atoms with Gasteiger partial charge in [-0.1, -0.05) is 18.2 Å². The molecule has 0 aliphatic heterocycles. The molecule has 0 saturated carbocycles. The van der Waals surface area contributed by atoms with Crippen LogP contribution in [0.1, 0.15) is 26.2 Å². The molecular formula is C14H23ClN2O3S. The summed E-state index contributed by atoms with van der Waals surface area (Å²) in [5.74, 6) is -0.0516. The zero-order valence-corrected chi connectivity index (χ0v) is 13.8. The van der Waals surface area contributed by atoms with Gasteiger partial charge >= 0.3 is 0 Å². The van der Waals surface area contributed by atoms with Gasteiger partial charge in [-0.2, -0.15) is 0 Å². The van der Waals surface area contributed by atoms with Crippen LogP contribution < -0.4 is 11.1 Å². The number of benzene rings is 1. The predicted octanol–water partition coefficient (Wildman–Crippen LogP) is 1.52. The van der Waals surface area contributed by atoms with Gasteiger partial charge in [-0.3, -0.25) is 4.79 Å². The van der Waals surface area contributed by atoms with Gasteiger partial charge in [0.05, 0.1) is 10.6 Å². The maximum Gasteiger partial charge on any atom is 0.220 e. The average molecular weight is 335 g/mol. The lowest BCUT2D eigenvalue weighted by Crippen LogP contribution is -2.27. The molecule has 0 heterocycles. The predicted molar refractivity (Wildman–Crippen MR) is 86.3 cm³/mol. The highest BCUT2D eigenvalue weighted by Crippen LogP contribution is 2.10. The molecule has 0 saturated heterocycles. The molecule has 7 heteroatoms. The maximum absolute atomic E-state index is 12.0. The van der Waals surface area contributed by atoms with Gasteiger partial charge in [-0.25, -0.2) is 8.42 Å². The van der Waals surface area contributed by atoms with Crippen LogP contribution in [-0.2, 0) is 14.6 Å². The van der Waals surface area contributed by atoms with E-state index in [1.807, 2.05) is 6.92 Å². The van der Waals surface area contributed by atoms with Crippen LogP contribution in [0.4, 0.5) is 0 Å². The number of nitrogens with one attached hydrogen (secondary N) is 1. The monoisotopic (exact) mass is 334 g/mol. The summed E-state index contributed by atoms with van der Waals surface area (Å²) in [6.07, 6.45) is 1.42. The maximum atomic E-state index is 12.0. The van der Waals surface area contributed by atoms with Crippen molar-refractivity contribution < 1.29 is 13.2 Å². The number of carbonyl (C=O) groups is 1. The summed E-state index contributed by atoms with van der Waals surface area (Å²) in [5.41, 5.74) is 5.56. The van der Waals surface area contributed by atoms with Gasteiger partial charge in [-0.15, -0.1) is 12.4 Å². The van der Waals surface area contributed by atoms with Crippen LogP contribution in [0.5, 0.6) is 0 Å². The molecule has 0 radical (unpaired) electrons. The summed E-state index contributed by atoms with van der Waals surface area (Å²) >= 11 is 0. The van der Waals surface area contributed by atoms with E-state index in [2.05, 4.69) is 5.32 Å². The zero-order chi connectivity index (χ0) is 15.0. The molecule has 0 bridgehead atoms. The summed E-state index contributed by atoms with van der Waals surface area (Å²) in [7, 11) is -3.26. The lowest BCUT2D eigenvalue weighted by molar-refractivity contribution is -0.121. The lowest BCUT2D eigenvalue weighted by Gasteiger charge is -2.07. The van der Waals surface area contributed by atoms with Crippen molar-refractivity contribution in [2.24, 2.45) is 5.73 Å². The van der Waals surface area contributed by atoms with E-state index in [-0.39, 0.29) is 30.1 Å². The van der Waals surface area contributed by atoms with Gasteiger partial charge in [0.15, 0.2) is 9.84 Å². The number of sulfone groups is 1. The molecule has 21 heavy (non-hydrogen) atoms. The van der Waals surface area contributed by atoms with Crippen LogP contribution in [0.25, 0.3) is 0 Å². The Morgan fingerprint density at radius 1 is 1.29 bits per heavy atom. The molecule has 0 aliphatic carbocycles. The fraction of sp³-hybridized carbons (Fsp3) is 0.500. The van der Waals surface area contributed by atoms with Gasteiger partial charge < -0.3 is 11.1 Å². The van der Waals surface area contributed by atoms with E-state index in [4.69, 9.17) is 5.73 Å². The van der Waals surface area contributed by atoms with Crippen molar-refractivity contribution in [3.8, 4) is 0 Å². The highest BCUT2D eigenvalue weighted by Gasteiger charge is 2.13. The minimum atomic E-state index is -3.26. The molecule has 120 valence electrons. The summed E-state index contributed by atoms with van der Waals surface area (Å²) in [5, 5.41) is 2.70. The summed E-state index contributed by atoms with van der Waals surface area (Å²) in [6, 6.07) is 8.33. The van der Waals surface area contributed by atoms with Crippen LogP contribution in [0, 0.1) is 0 Å². The van der Waals surface area contributed by atoms with Crippen LogP contribution in [0.3, 0.4) is 0 Å². The van der Waals surface area contributed by atoms with E-state index in [9.17, 15) is 13.2 Å². The van der Waals surface area contributed by atoms with E-state index >= 15 is 0 Å². The van der Waals surface area contributed by atoms with Crippen LogP contribution in [-0.4, -0.2) is 32.7 Å². The number of nitrogens with two attached hydrogens (primary N) is 1. The Hall–Kier alpha value is -1.11. The summed E-state index contributed by atoms with van der Waals surface area (Å²) in [4.78, 5) is 11.7. The molecule has 1 aromatic rings. The van der Waals surface area contributed by atoms with E-state index in [1.165, 1.54) is 0 Å². The van der Waals surface area contributed by atoms with Crippen LogP contribution in [0.2, 0.25) is 0 Å². The molecule has 0 aliphatic rings. The minimum absolute atomic E-state index is 0. The molecule has 1 aromatic carbocycles. The molecular weight excluding hydrogens is 312 g/mol. The molecule has 3 N–H and O–H groups in total. The van der Waals surface area contributed by atoms with E-state index in [0.29, 0.717) is 30.7 Å². The van der Waals surface area contributed by atoms with Crippen molar-refractivity contribution >= 4 is 28.2 Å². The van der Waals surface area contributed by atoms with Crippen molar-refractivity contribution in [3.05, 3.63) is 30.3 Å². The van der Waals surface area contributed by atoms with Crippen molar-refractivity contribution in [3.63, 3.8) is 0 Å². The molecule has 0 aromatic heterocycles. The third-order valence-corrected chi connectivity index (χ3v) is 4.66. The number of halogens is 1. The lowest BCUT2D eigenvalue weighted by atomic mass is 10.2. The topological polar surface area (TPSA) is 89.3 Å². The zero-order valence-electron chi connectivity index (χ0n) is 12.1. The average Bonchev–Trinajstić information content (AvgIpc) is 2.42. The van der Waals surface area contributed by atoms with Gasteiger partial charge in [-0.05, 0) is 31.9 Å². The molecule has 0 spiro atoms. The molecule has 1 amide bonds. The summed E-state index contributed by atoms with van der Waals surface area (Å²) < 4.78 is 23.9. The number of hydrogen-bond acceptors (Lipinski definition) is 4. The van der Waals surface area contributed by atoms with Crippen molar-refractivity contribution in [1.82, 2.24) is 5.32 Å². The first-order valence-electron chi connectivity index (χ1n) is 6.72. The number of rotatable bonds is 8. The smallest absolute Gasteiger partial charge is 0.220 e. The Labute approximate surface area is 132 Å². The normalized spacial score (nSPS) is 12.3. The third-order valence-electron chi connectivity index (χ3n) is 2.84. The van der Waals surface area contributed by atoms with Crippen LogP contribution >= 0.6 is 12.4 Å². The quantitative estimate of drug-likeness (QED) is 0.705. The first kappa shape index (κ1) is 19.9. The van der Waals surface area contributed by atoms with Gasteiger partial charge in [0.2, 0.25) is 5.91 Å². The van der Waals surface area contributed by atoms with Crippen molar-refractivity contribution in [1.29, 1.82) is 0 Å². The SMILES string of the molecule is CC(N)CCC(=O)NCCCS(=O)(=O)c1ccccc1.Cl. The van der Waals surface area contributed by atoms with E-state index < -0.39 is 9.84 Å². The second-order valence-electron chi connectivity index (χ2n) is 4.85. The Morgan fingerprint density at radius 2 is 1.90 bits per heavy atom. The Balaban J connectivity index is 0.00000400. The van der Waals surface area contributed by atoms with Gasteiger partial charge in [0.25, 0.3) is 0 Å². The van der Waals surface area contributed by atoms with E-state index in [1.54, 1.807) is 30.3 Å². The fourth-order valence-corrected chi connectivity index (χ4v) is 3.01. The molecule has 5 nitrogen and oxygen atoms in total.